The third-order valence-electron chi connectivity index (χ3n) is 3.31. The van der Waals surface area contributed by atoms with E-state index in [9.17, 15) is 8.42 Å². The summed E-state index contributed by atoms with van der Waals surface area (Å²) in [7, 11) is -1.66. The van der Waals surface area contributed by atoms with Crippen LogP contribution in [0.3, 0.4) is 0 Å². The van der Waals surface area contributed by atoms with Crippen LogP contribution in [0, 0.1) is 0 Å². The molecular formula is C14H20N4O2S. The Balaban J connectivity index is 2.05. The topological polar surface area (TPSA) is 86.9 Å². The standard InChI is InChI=1S/C14H20N4O2S/c1-11(15-2)12-4-3-5-13(10-12)21(19,20)18-7-6-14-16-8-9-17-14/h3-5,8-11,15,18H,6-7H2,1-2H3,(H,16,17). The molecule has 114 valence electrons. The Morgan fingerprint density at radius 2 is 2.19 bits per heavy atom. The largest absolute Gasteiger partial charge is 0.349 e. The first-order chi connectivity index (χ1) is 10.0. The number of H-pyrrole nitrogens is 1. The number of imidazole rings is 1. The van der Waals surface area contributed by atoms with E-state index >= 15 is 0 Å². The van der Waals surface area contributed by atoms with Crippen LogP contribution < -0.4 is 10.0 Å². The number of hydrogen-bond donors (Lipinski definition) is 3. The molecule has 1 aromatic carbocycles. The zero-order valence-electron chi connectivity index (χ0n) is 12.1. The Labute approximate surface area is 125 Å². The Morgan fingerprint density at radius 3 is 2.86 bits per heavy atom. The SMILES string of the molecule is CNC(C)c1cccc(S(=O)(=O)NCCc2ncc[nH]2)c1. The molecular weight excluding hydrogens is 288 g/mol. The predicted molar refractivity (Wildman–Crippen MR) is 81.4 cm³/mol. The van der Waals surface area contributed by atoms with Crippen molar-refractivity contribution < 1.29 is 8.42 Å². The van der Waals surface area contributed by atoms with Crippen molar-refractivity contribution in [3.63, 3.8) is 0 Å². The van der Waals surface area contributed by atoms with Gasteiger partial charge in [-0.25, -0.2) is 18.1 Å². The molecule has 3 N–H and O–H groups in total. The minimum atomic E-state index is -3.50. The maximum atomic E-state index is 12.3. The molecule has 0 spiro atoms. The first kappa shape index (κ1) is 15.7. The molecule has 0 aliphatic heterocycles. The normalized spacial score (nSPS) is 13.2. The summed E-state index contributed by atoms with van der Waals surface area (Å²) in [4.78, 5) is 7.28. The molecule has 1 aromatic heterocycles. The van der Waals surface area contributed by atoms with Gasteiger partial charge in [0.05, 0.1) is 4.90 Å². The molecule has 0 fully saturated rings. The van der Waals surface area contributed by atoms with E-state index in [1.54, 1.807) is 30.6 Å². The molecule has 0 radical (unpaired) electrons. The van der Waals surface area contributed by atoms with Gasteiger partial charge >= 0.3 is 0 Å². The highest BCUT2D eigenvalue weighted by Gasteiger charge is 2.15. The number of sulfonamides is 1. The third-order valence-corrected chi connectivity index (χ3v) is 4.77. The quantitative estimate of drug-likeness (QED) is 0.717. The first-order valence-electron chi connectivity index (χ1n) is 6.78. The summed E-state index contributed by atoms with van der Waals surface area (Å²) in [5.41, 5.74) is 0.936. The molecule has 7 heteroatoms. The van der Waals surface area contributed by atoms with Crippen LogP contribution in [0.4, 0.5) is 0 Å². The van der Waals surface area contributed by atoms with Crippen molar-refractivity contribution in [2.24, 2.45) is 0 Å². The predicted octanol–water partition coefficient (Wildman–Crippen LogP) is 1.21. The van der Waals surface area contributed by atoms with Gasteiger partial charge in [-0.3, -0.25) is 0 Å². The van der Waals surface area contributed by atoms with Crippen LogP contribution >= 0.6 is 0 Å². The molecule has 6 nitrogen and oxygen atoms in total. The van der Waals surface area contributed by atoms with Crippen LogP contribution in [0.25, 0.3) is 0 Å². The van der Waals surface area contributed by atoms with Crippen LogP contribution in [0.2, 0.25) is 0 Å². The lowest BCUT2D eigenvalue weighted by Gasteiger charge is -2.12. The van der Waals surface area contributed by atoms with E-state index in [-0.39, 0.29) is 10.9 Å². The average molecular weight is 308 g/mol. The number of nitrogens with one attached hydrogen (secondary N) is 3. The van der Waals surface area contributed by atoms with Crippen LogP contribution in [0.5, 0.6) is 0 Å². The molecule has 1 atom stereocenters. The van der Waals surface area contributed by atoms with Gasteiger partial charge in [-0.05, 0) is 31.7 Å². The van der Waals surface area contributed by atoms with Gasteiger partial charge in [0.25, 0.3) is 0 Å². The summed E-state index contributed by atoms with van der Waals surface area (Å²) < 4.78 is 27.1. The first-order valence-corrected chi connectivity index (χ1v) is 8.26. The smallest absolute Gasteiger partial charge is 0.240 e. The molecule has 21 heavy (non-hydrogen) atoms. The van der Waals surface area contributed by atoms with E-state index in [0.29, 0.717) is 13.0 Å². The number of benzene rings is 1. The summed E-state index contributed by atoms with van der Waals surface area (Å²) >= 11 is 0. The van der Waals surface area contributed by atoms with Gasteiger partial charge in [-0.15, -0.1) is 0 Å². The third kappa shape index (κ3) is 4.13. The van der Waals surface area contributed by atoms with Gasteiger partial charge in [0.2, 0.25) is 10.0 Å². The van der Waals surface area contributed by atoms with E-state index < -0.39 is 10.0 Å². The van der Waals surface area contributed by atoms with Crippen molar-refractivity contribution in [2.75, 3.05) is 13.6 Å². The fraction of sp³-hybridized carbons (Fsp3) is 0.357. The highest BCUT2D eigenvalue weighted by Crippen LogP contribution is 2.17. The van der Waals surface area contributed by atoms with Crippen LogP contribution in [0.15, 0.2) is 41.6 Å². The number of aromatic amines is 1. The summed E-state index contributed by atoms with van der Waals surface area (Å²) in [5, 5.41) is 3.09. The van der Waals surface area contributed by atoms with E-state index in [1.165, 1.54) is 0 Å². The highest BCUT2D eigenvalue weighted by atomic mass is 32.2. The Bertz CT molecular complexity index is 668. The number of nitrogens with zero attached hydrogens (tertiary/aromatic N) is 1. The van der Waals surface area contributed by atoms with Gasteiger partial charge in [-0.1, -0.05) is 12.1 Å². The van der Waals surface area contributed by atoms with Gasteiger partial charge in [-0.2, -0.15) is 0 Å². The molecule has 0 saturated heterocycles. The van der Waals surface area contributed by atoms with Crippen molar-refractivity contribution in [2.45, 2.75) is 24.3 Å². The molecule has 0 amide bonds. The zero-order valence-corrected chi connectivity index (χ0v) is 12.9. The van der Waals surface area contributed by atoms with Crippen molar-refractivity contribution in [3.8, 4) is 0 Å². The lowest BCUT2D eigenvalue weighted by molar-refractivity contribution is 0.580. The summed E-state index contributed by atoms with van der Waals surface area (Å²) in [6, 6.07) is 7.05. The van der Waals surface area contributed by atoms with E-state index in [4.69, 9.17) is 0 Å². The molecule has 2 aromatic rings. The summed E-state index contributed by atoms with van der Waals surface area (Å²) in [5.74, 6) is 0.759. The second-order valence-electron chi connectivity index (χ2n) is 4.77. The van der Waals surface area contributed by atoms with Crippen molar-refractivity contribution in [1.29, 1.82) is 0 Å². The maximum Gasteiger partial charge on any atom is 0.240 e. The Kier molecular flexibility index (Phi) is 5.11. The fourth-order valence-corrected chi connectivity index (χ4v) is 3.03. The van der Waals surface area contributed by atoms with Crippen LogP contribution in [0.1, 0.15) is 24.4 Å². The van der Waals surface area contributed by atoms with Crippen LogP contribution in [-0.2, 0) is 16.4 Å². The van der Waals surface area contributed by atoms with Crippen molar-refractivity contribution in [1.82, 2.24) is 20.0 Å². The summed E-state index contributed by atoms with van der Waals surface area (Å²) in [6.45, 7) is 2.29. The maximum absolute atomic E-state index is 12.3. The number of hydrogen-bond acceptors (Lipinski definition) is 4. The molecule has 1 heterocycles. The highest BCUT2D eigenvalue weighted by molar-refractivity contribution is 7.89. The molecule has 0 saturated carbocycles. The summed E-state index contributed by atoms with van der Waals surface area (Å²) in [6.07, 6.45) is 3.89. The molecule has 0 aliphatic rings. The lowest BCUT2D eigenvalue weighted by Crippen LogP contribution is -2.26. The fourth-order valence-electron chi connectivity index (χ4n) is 1.94. The minimum Gasteiger partial charge on any atom is -0.349 e. The van der Waals surface area contributed by atoms with E-state index in [0.717, 1.165) is 11.4 Å². The van der Waals surface area contributed by atoms with Gasteiger partial charge < -0.3 is 10.3 Å². The van der Waals surface area contributed by atoms with Crippen LogP contribution in [-0.4, -0.2) is 32.0 Å². The lowest BCUT2D eigenvalue weighted by atomic mass is 10.1. The zero-order chi connectivity index (χ0) is 15.3. The molecule has 2 rings (SSSR count). The second kappa shape index (κ2) is 6.84. The van der Waals surface area contributed by atoms with Gasteiger partial charge in [0.15, 0.2) is 0 Å². The molecule has 0 bridgehead atoms. The molecule has 1 unspecified atom stereocenters. The van der Waals surface area contributed by atoms with E-state index in [2.05, 4.69) is 20.0 Å². The Morgan fingerprint density at radius 1 is 1.38 bits per heavy atom. The monoisotopic (exact) mass is 308 g/mol. The minimum absolute atomic E-state index is 0.100. The van der Waals surface area contributed by atoms with Crippen molar-refractivity contribution >= 4 is 10.0 Å². The number of aromatic nitrogens is 2. The van der Waals surface area contributed by atoms with Crippen molar-refractivity contribution in [3.05, 3.63) is 48.0 Å². The molecule has 0 aliphatic carbocycles. The van der Waals surface area contributed by atoms with E-state index in [1.807, 2.05) is 20.0 Å². The van der Waals surface area contributed by atoms with Gasteiger partial charge in [0, 0.05) is 31.4 Å². The number of rotatable bonds is 7. The average Bonchev–Trinajstić information content (AvgIpc) is 2.99. The Hall–Kier alpha value is -1.70. The van der Waals surface area contributed by atoms with Gasteiger partial charge in [0.1, 0.15) is 5.82 Å². The second-order valence-corrected chi connectivity index (χ2v) is 6.53.